The standard InChI is InChI=1S/C16H24Cl2N4O.HI/c1-16(2)12(10-5-6-23-13(10)16)21-15(19-3)20-8-9-7-11(17)14(18)22(9)4;/h7,10,12-13H,5-6,8H2,1-4H3,(H2,19,20,21);1H. The molecule has 5 nitrogen and oxygen atoms in total. The highest BCUT2D eigenvalue weighted by atomic mass is 127. The molecule has 24 heavy (non-hydrogen) atoms. The minimum absolute atomic E-state index is 0. The van der Waals surface area contributed by atoms with Crippen LogP contribution in [0, 0.1) is 11.3 Å². The third-order valence-electron chi connectivity index (χ3n) is 5.27. The number of rotatable bonds is 3. The summed E-state index contributed by atoms with van der Waals surface area (Å²) in [7, 11) is 3.69. The molecule has 1 aromatic heterocycles. The summed E-state index contributed by atoms with van der Waals surface area (Å²) in [6.45, 7) is 5.98. The van der Waals surface area contributed by atoms with Gasteiger partial charge >= 0.3 is 0 Å². The molecule has 2 fully saturated rings. The zero-order valence-electron chi connectivity index (χ0n) is 14.4. The molecule has 8 heteroatoms. The van der Waals surface area contributed by atoms with Gasteiger partial charge in [0.05, 0.1) is 17.7 Å². The molecule has 0 amide bonds. The Kier molecular flexibility index (Phi) is 6.37. The van der Waals surface area contributed by atoms with Gasteiger partial charge in [-0.15, -0.1) is 24.0 Å². The van der Waals surface area contributed by atoms with E-state index >= 15 is 0 Å². The lowest BCUT2D eigenvalue weighted by molar-refractivity contribution is -0.106. The summed E-state index contributed by atoms with van der Waals surface area (Å²) >= 11 is 12.2. The Hall–Kier alpha value is -0.180. The van der Waals surface area contributed by atoms with Gasteiger partial charge in [-0.1, -0.05) is 37.0 Å². The second kappa shape index (κ2) is 7.60. The highest BCUT2D eigenvalue weighted by molar-refractivity contribution is 14.0. The summed E-state index contributed by atoms with van der Waals surface area (Å²) < 4.78 is 7.71. The lowest BCUT2D eigenvalue weighted by Gasteiger charge is -2.54. The van der Waals surface area contributed by atoms with Gasteiger partial charge in [-0.25, -0.2) is 0 Å². The minimum atomic E-state index is 0. The number of fused-ring (bicyclic) bond motifs is 1. The molecule has 3 atom stereocenters. The zero-order chi connectivity index (χ0) is 16.8. The monoisotopic (exact) mass is 486 g/mol. The van der Waals surface area contributed by atoms with Crippen molar-refractivity contribution in [2.24, 2.45) is 23.4 Å². The van der Waals surface area contributed by atoms with Crippen molar-refractivity contribution in [3.63, 3.8) is 0 Å². The van der Waals surface area contributed by atoms with Crippen LogP contribution >= 0.6 is 47.2 Å². The topological polar surface area (TPSA) is 50.6 Å². The highest BCUT2D eigenvalue weighted by Gasteiger charge is 2.59. The van der Waals surface area contributed by atoms with E-state index in [4.69, 9.17) is 27.9 Å². The maximum Gasteiger partial charge on any atom is 0.191 e. The SMILES string of the molecule is CN=C(NCc1cc(Cl)c(Cl)n1C)NC1C2CCOC2C1(C)C.I. The Morgan fingerprint density at radius 3 is 2.75 bits per heavy atom. The smallest absolute Gasteiger partial charge is 0.191 e. The van der Waals surface area contributed by atoms with Gasteiger partial charge in [0.15, 0.2) is 5.96 Å². The van der Waals surface area contributed by atoms with Crippen LogP contribution in [0.25, 0.3) is 0 Å². The van der Waals surface area contributed by atoms with Gasteiger partial charge in [0.2, 0.25) is 0 Å². The first-order valence-electron chi connectivity index (χ1n) is 7.94. The molecule has 3 rings (SSSR count). The van der Waals surface area contributed by atoms with E-state index in [0.29, 0.717) is 34.8 Å². The fourth-order valence-electron chi connectivity index (χ4n) is 3.89. The van der Waals surface area contributed by atoms with Crippen LogP contribution in [0.1, 0.15) is 26.0 Å². The van der Waals surface area contributed by atoms with Crippen LogP contribution in [0.3, 0.4) is 0 Å². The first-order valence-corrected chi connectivity index (χ1v) is 8.70. The van der Waals surface area contributed by atoms with Gasteiger partial charge < -0.3 is 19.9 Å². The van der Waals surface area contributed by atoms with Crippen molar-refractivity contribution in [3.8, 4) is 0 Å². The number of aliphatic imine (C=N–C) groups is 1. The van der Waals surface area contributed by atoms with E-state index in [1.54, 1.807) is 7.05 Å². The summed E-state index contributed by atoms with van der Waals surface area (Å²) in [5, 5.41) is 8.03. The maximum absolute atomic E-state index is 6.11. The highest BCUT2D eigenvalue weighted by Crippen LogP contribution is 2.52. The first kappa shape index (κ1) is 20.1. The van der Waals surface area contributed by atoms with E-state index in [0.717, 1.165) is 24.7 Å². The number of hydrogen-bond donors (Lipinski definition) is 2. The lowest BCUT2D eigenvalue weighted by atomic mass is 9.57. The van der Waals surface area contributed by atoms with Crippen LogP contribution in [0.15, 0.2) is 11.1 Å². The number of hydrogen-bond acceptors (Lipinski definition) is 2. The summed E-state index contributed by atoms with van der Waals surface area (Å²) in [4.78, 5) is 4.34. The molecule has 2 N–H and O–H groups in total. The van der Waals surface area contributed by atoms with E-state index in [2.05, 4.69) is 29.5 Å². The third kappa shape index (κ3) is 3.39. The molecule has 1 saturated carbocycles. The summed E-state index contributed by atoms with van der Waals surface area (Å²) in [6.07, 6.45) is 1.48. The first-order chi connectivity index (χ1) is 10.9. The van der Waals surface area contributed by atoms with Crippen LogP contribution in [-0.2, 0) is 18.3 Å². The Morgan fingerprint density at radius 1 is 1.46 bits per heavy atom. The average Bonchev–Trinajstić information content (AvgIpc) is 3.07. The normalized spacial score (nSPS) is 27.9. The molecular weight excluding hydrogens is 462 g/mol. The lowest BCUT2D eigenvalue weighted by Crippen LogP contribution is -2.67. The van der Waals surface area contributed by atoms with E-state index in [1.165, 1.54) is 0 Å². The molecule has 3 unspecified atom stereocenters. The molecule has 2 aliphatic rings. The molecule has 1 aliphatic carbocycles. The molecule has 0 radical (unpaired) electrons. The van der Waals surface area contributed by atoms with Crippen LogP contribution in [0.5, 0.6) is 0 Å². The number of nitrogens with zero attached hydrogens (tertiary/aromatic N) is 2. The molecule has 2 heterocycles. The Bertz CT molecular complexity index is 632. The molecular formula is C16H25Cl2IN4O. The molecule has 1 aromatic rings. The van der Waals surface area contributed by atoms with E-state index in [9.17, 15) is 0 Å². The summed E-state index contributed by atoms with van der Waals surface area (Å²) in [5.41, 5.74) is 1.13. The predicted molar refractivity (Wildman–Crippen MR) is 110 cm³/mol. The van der Waals surface area contributed by atoms with Crippen molar-refractivity contribution in [2.45, 2.75) is 39.0 Å². The summed E-state index contributed by atoms with van der Waals surface area (Å²) in [5.74, 6) is 1.37. The van der Waals surface area contributed by atoms with Gasteiger partial charge in [-0.2, -0.15) is 0 Å². The largest absolute Gasteiger partial charge is 0.377 e. The van der Waals surface area contributed by atoms with Crippen LogP contribution in [0.2, 0.25) is 10.2 Å². The van der Waals surface area contributed by atoms with Gasteiger partial charge in [-0.05, 0) is 12.5 Å². The second-order valence-corrected chi connectivity index (χ2v) is 7.71. The molecule has 1 saturated heterocycles. The number of nitrogens with one attached hydrogen (secondary N) is 2. The Morgan fingerprint density at radius 2 is 2.17 bits per heavy atom. The Labute approximate surface area is 170 Å². The zero-order valence-corrected chi connectivity index (χ0v) is 18.2. The van der Waals surface area contributed by atoms with E-state index in [1.807, 2.05) is 17.7 Å². The van der Waals surface area contributed by atoms with Crippen molar-refractivity contribution in [1.82, 2.24) is 15.2 Å². The van der Waals surface area contributed by atoms with E-state index in [-0.39, 0.29) is 29.4 Å². The van der Waals surface area contributed by atoms with E-state index < -0.39 is 0 Å². The van der Waals surface area contributed by atoms with Gasteiger partial charge in [0, 0.05) is 43.8 Å². The molecule has 0 aromatic carbocycles. The molecule has 0 spiro atoms. The fraction of sp³-hybridized carbons (Fsp3) is 0.688. The average molecular weight is 487 g/mol. The number of guanidine groups is 1. The second-order valence-electron chi connectivity index (χ2n) is 6.95. The number of aromatic nitrogens is 1. The molecule has 0 bridgehead atoms. The van der Waals surface area contributed by atoms with Gasteiger partial charge in [-0.3, -0.25) is 4.99 Å². The van der Waals surface area contributed by atoms with Crippen molar-refractivity contribution >= 4 is 53.1 Å². The Balaban J connectivity index is 0.00000208. The molecule has 136 valence electrons. The van der Waals surface area contributed by atoms with Crippen LogP contribution < -0.4 is 10.6 Å². The fourth-order valence-corrected chi connectivity index (χ4v) is 4.31. The van der Waals surface area contributed by atoms with Crippen molar-refractivity contribution < 1.29 is 4.74 Å². The number of halogens is 3. The quantitative estimate of drug-likeness (QED) is 0.391. The minimum Gasteiger partial charge on any atom is -0.377 e. The van der Waals surface area contributed by atoms with Crippen LogP contribution in [0.4, 0.5) is 0 Å². The van der Waals surface area contributed by atoms with Crippen LogP contribution in [-0.4, -0.2) is 36.3 Å². The van der Waals surface area contributed by atoms with Crippen molar-refractivity contribution in [3.05, 3.63) is 21.9 Å². The third-order valence-corrected chi connectivity index (χ3v) is 6.11. The van der Waals surface area contributed by atoms with Gasteiger partial charge in [0.1, 0.15) is 5.15 Å². The van der Waals surface area contributed by atoms with Crippen molar-refractivity contribution in [1.29, 1.82) is 0 Å². The number of ether oxygens (including phenoxy) is 1. The molecule has 1 aliphatic heterocycles. The maximum atomic E-state index is 6.11. The van der Waals surface area contributed by atoms with Crippen molar-refractivity contribution in [2.75, 3.05) is 13.7 Å². The summed E-state index contributed by atoms with van der Waals surface area (Å²) in [6, 6.07) is 2.25. The van der Waals surface area contributed by atoms with Gasteiger partial charge in [0.25, 0.3) is 0 Å². The predicted octanol–water partition coefficient (Wildman–Crippen LogP) is 3.43.